The molecule has 0 spiro atoms. The first-order chi connectivity index (χ1) is 6.07. The normalized spacial score (nSPS) is 11.8. The van der Waals surface area contributed by atoms with E-state index >= 15 is 0 Å². The molecule has 0 rings (SSSR count). The molecule has 1 atom stereocenters. The van der Waals surface area contributed by atoms with Crippen molar-refractivity contribution in [2.45, 2.75) is 32.2 Å². The Labute approximate surface area is 76.1 Å². The number of carboxylic acid groups (broad SMARTS) is 1. The summed E-state index contributed by atoms with van der Waals surface area (Å²) in [6.45, 7) is 1.25. The SMILES string of the molecule is CC(=O)NC(CCC[C]=O)C(=O)O. The third kappa shape index (κ3) is 5.84. The molecule has 1 amide bonds. The van der Waals surface area contributed by atoms with E-state index in [-0.39, 0.29) is 18.7 Å². The summed E-state index contributed by atoms with van der Waals surface area (Å²) in [6, 6.07) is -0.897. The number of amides is 1. The fourth-order valence-electron chi connectivity index (χ4n) is 0.881. The zero-order chi connectivity index (χ0) is 10.3. The second kappa shape index (κ2) is 6.16. The third-order valence-corrected chi connectivity index (χ3v) is 1.45. The van der Waals surface area contributed by atoms with Crippen molar-refractivity contribution in [2.75, 3.05) is 0 Å². The van der Waals surface area contributed by atoms with Gasteiger partial charge in [-0.2, -0.15) is 0 Å². The van der Waals surface area contributed by atoms with Crippen molar-refractivity contribution in [2.24, 2.45) is 0 Å². The van der Waals surface area contributed by atoms with Gasteiger partial charge in [-0.05, 0) is 12.8 Å². The van der Waals surface area contributed by atoms with E-state index in [9.17, 15) is 14.4 Å². The minimum atomic E-state index is -1.08. The molecule has 1 radical (unpaired) electrons. The van der Waals surface area contributed by atoms with E-state index in [1.165, 1.54) is 6.92 Å². The summed E-state index contributed by atoms with van der Waals surface area (Å²) >= 11 is 0. The van der Waals surface area contributed by atoms with Crippen LogP contribution >= 0.6 is 0 Å². The summed E-state index contributed by atoms with van der Waals surface area (Å²) < 4.78 is 0. The molecule has 0 aromatic carbocycles. The number of carbonyl (C=O) groups excluding carboxylic acids is 2. The second-order valence-electron chi connectivity index (χ2n) is 2.63. The van der Waals surface area contributed by atoms with Crippen LogP contribution < -0.4 is 5.32 Å². The average Bonchev–Trinajstić information content (AvgIpc) is 2.02. The van der Waals surface area contributed by atoms with Crippen LogP contribution in [0, 0.1) is 0 Å². The number of hydrogen-bond donors (Lipinski definition) is 2. The highest BCUT2D eigenvalue weighted by Crippen LogP contribution is 1.99. The molecule has 13 heavy (non-hydrogen) atoms. The van der Waals surface area contributed by atoms with Crippen molar-refractivity contribution < 1.29 is 19.5 Å². The lowest BCUT2D eigenvalue weighted by molar-refractivity contribution is -0.141. The Hall–Kier alpha value is -1.39. The van der Waals surface area contributed by atoms with Gasteiger partial charge in [-0.15, -0.1) is 0 Å². The van der Waals surface area contributed by atoms with Crippen molar-refractivity contribution in [3.63, 3.8) is 0 Å². The van der Waals surface area contributed by atoms with Crippen molar-refractivity contribution in [1.82, 2.24) is 5.32 Å². The number of unbranched alkanes of at least 4 members (excludes halogenated alkanes) is 1. The number of hydrogen-bond acceptors (Lipinski definition) is 3. The van der Waals surface area contributed by atoms with Crippen molar-refractivity contribution in [1.29, 1.82) is 0 Å². The highest BCUT2D eigenvalue weighted by Gasteiger charge is 2.17. The van der Waals surface area contributed by atoms with Gasteiger partial charge in [0.1, 0.15) is 6.04 Å². The van der Waals surface area contributed by atoms with E-state index < -0.39 is 12.0 Å². The highest BCUT2D eigenvalue weighted by molar-refractivity contribution is 5.81. The molecule has 5 nitrogen and oxygen atoms in total. The van der Waals surface area contributed by atoms with Gasteiger partial charge in [-0.3, -0.25) is 9.59 Å². The van der Waals surface area contributed by atoms with Gasteiger partial charge < -0.3 is 10.4 Å². The molecule has 73 valence electrons. The van der Waals surface area contributed by atoms with Crippen LogP contribution in [0.4, 0.5) is 0 Å². The molecule has 0 aliphatic carbocycles. The van der Waals surface area contributed by atoms with Gasteiger partial charge >= 0.3 is 5.97 Å². The van der Waals surface area contributed by atoms with Gasteiger partial charge in [0.2, 0.25) is 5.91 Å². The average molecular weight is 186 g/mol. The molecule has 0 bridgehead atoms. The van der Waals surface area contributed by atoms with E-state index in [4.69, 9.17) is 5.11 Å². The molecule has 0 saturated heterocycles. The lowest BCUT2D eigenvalue weighted by Crippen LogP contribution is -2.39. The summed E-state index contributed by atoms with van der Waals surface area (Å²) in [5.41, 5.74) is 0. The smallest absolute Gasteiger partial charge is 0.326 e. The van der Waals surface area contributed by atoms with Crippen LogP contribution in [0.3, 0.4) is 0 Å². The summed E-state index contributed by atoms with van der Waals surface area (Å²) in [7, 11) is 0. The van der Waals surface area contributed by atoms with Gasteiger partial charge in [0, 0.05) is 13.3 Å². The zero-order valence-corrected chi connectivity index (χ0v) is 7.37. The molecule has 0 saturated carbocycles. The Morgan fingerprint density at radius 1 is 1.54 bits per heavy atom. The molecular formula is C8H12NO4. The maximum absolute atomic E-state index is 10.5. The summed E-state index contributed by atoms with van der Waals surface area (Å²) in [5, 5.41) is 10.9. The molecule has 5 heteroatoms. The van der Waals surface area contributed by atoms with E-state index in [2.05, 4.69) is 5.32 Å². The van der Waals surface area contributed by atoms with Crippen LogP contribution in [0.1, 0.15) is 26.2 Å². The quantitative estimate of drug-likeness (QED) is 0.565. The Kier molecular flexibility index (Phi) is 5.50. The fourth-order valence-corrected chi connectivity index (χ4v) is 0.881. The molecule has 0 aliphatic heterocycles. The van der Waals surface area contributed by atoms with Crippen LogP contribution in [0.5, 0.6) is 0 Å². The minimum absolute atomic E-state index is 0.198. The van der Waals surface area contributed by atoms with Crippen LogP contribution in [-0.4, -0.2) is 29.3 Å². The van der Waals surface area contributed by atoms with E-state index in [1.807, 2.05) is 0 Å². The van der Waals surface area contributed by atoms with Gasteiger partial charge in [0.25, 0.3) is 0 Å². The van der Waals surface area contributed by atoms with Crippen molar-refractivity contribution >= 4 is 18.2 Å². The first-order valence-corrected chi connectivity index (χ1v) is 3.93. The lowest BCUT2D eigenvalue weighted by Gasteiger charge is -2.11. The predicted octanol–water partition coefficient (Wildman–Crippen LogP) is -0.144. The first-order valence-electron chi connectivity index (χ1n) is 3.93. The maximum atomic E-state index is 10.5. The number of carboxylic acids is 1. The molecule has 2 N–H and O–H groups in total. The Morgan fingerprint density at radius 3 is 2.54 bits per heavy atom. The van der Waals surface area contributed by atoms with Gasteiger partial charge in [0.15, 0.2) is 6.29 Å². The third-order valence-electron chi connectivity index (χ3n) is 1.45. The van der Waals surface area contributed by atoms with E-state index in [0.29, 0.717) is 6.42 Å². The summed E-state index contributed by atoms with van der Waals surface area (Å²) in [6.07, 6.45) is 2.53. The molecule has 0 fully saturated rings. The van der Waals surface area contributed by atoms with Gasteiger partial charge in [-0.1, -0.05) is 0 Å². The fraction of sp³-hybridized carbons (Fsp3) is 0.625. The Balaban J connectivity index is 3.87. The van der Waals surface area contributed by atoms with Crippen LogP contribution in [0.2, 0.25) is 0 Å². The zero-order valence-electron chi connectivity index (χ0n) is 7.37. The number of carbonyl (C=O) groups is 2. The highest BCUT2D eigenvalue weighted by atomic mass is 16.4. The van der Waals surface area contributed by atoms with Crippen LogP contribution in [0.15, 0.2) is 0 Å². The summed E-state index contributed by atoms with van der Waals surface area (Å²) in [4.78, 5) is 30.9. The number of rotatable bonds is 6. The van der Waals surface area contributed by atoms with Crippen LogP contribution in [-0.2, 0) is 14.4 Å². The molecular weight excluding hydrogens is 174 g/mol. The molecule has 1 unspecified atom stereocenters. The topological polar surface area (TPSA) is 83.5 Å². The van der Waals surface area contributed by atoms with Crippen LogP contribution in [0.25, 0.3) is 0 Å². The standard InChI is InChI=1S/C8H12NO4/c1-6(11)9-7(8(12)13)4-2-3-5-10/h7H,2-4H2,1H3,(H,9,11)(H,12,13). The van der Waals surface area contributed by atoms with E-state index in [1.54, 1.807) is 6.29 Å². The van der Waals surface area contributed by atoms with Gasteiger partial charge in [0.05, 0.1) is 0 Å². The molecule has 0 aromatic rings. The van der Waals surface area contributed by atoms with E-state index in [0.717, 1.165) is 0 Å². The van der Waals surface area contributed by atoms with Crippen molar-refractivity contribution in [3.05, 3.63) is 0 Å². The molecule has 0 aliphatic rings. The lowest BCUT2D eigenvalue weighted by atomic mass is 10.1. The minimum Gasteiger partial charge on any atom is -0.480 e. The Morgan fingerprint density at radius 2 is 2.15 bits per heavy atom. The van der Waals surface area contributed by atoms with Crippen molar-refractivity contribution in [3.8, 4) is 0 Å². The molecule has 0 heterocycles. The molecule has 0 aromatic heterocycles. The maximum Gasteiger partial charge on any atom is 0.326 e. The second-order valence-corrected chi connectivity index (χ2v) is 2.63. The largest absolute Gasteiger partial charge is 0.480 e. The predicted molar refractivity (Wildman–Crippen MR) is 44.8 cm³/mol. The van der Waals surface area contributed by atoms with Gasteiger partial charge in [-0.25, -0.2) is 4.79 Å². The Bertz CT molecular complexity index is 202. The monoisotopic (exact) mass is 186 g/mol. The number of aliphatic carboxylic acids is 1. The first kappa shape index (κ1) is 11.6. The number of nitrogens with one attached hydrogen (secondary N) is 1. The summed E-state index contributed by atoms with van der Waals surface area (Å²) in [5.74, 6) is -1.47.